The summed E-state index contributed by atoms with van der Waals surface area (Å²) in [5.41, 5.74) is 3.06. The van der Waals surface area contributed by atoms with Crippen LogP contribution in [0.15, 0.2) is 22.8 Å². The molecule has 1 atom stereocenters. The van der Waals surface area contributed by atoms with Gasteiger partial charge in [-0.3, -0.25) is 19.7 Å². The number of hydrogen-bond donors (Lipinski definition) is 1. The Balaban J connectivity index is 1.83. The first kappa shape index (κ1) is 12.1. The van der Waals surface area contributed by atoms with Crippen LogP contribution in [-0.4, -0.2) is 35.2 Å². The Morgan fingerprint density at radius 1 is 1.21 bits per heavy atom. The van der Waals surface area contributed by atoms with E-state index in [1.807, 2.05) is 6.92 Å². The van der Waals surface area contributed by atoms with Crippen molar-refractivity contribution < 1.29 is 14.4 Å². The van der Waals surface area contributed by atoms with E-state index in [0.717, 1.165) is 29.6 Å². The van der Waals surface area contributed by atoms with E-state index in [1.54, 1.807) is 4.90 Å². The fraction of sp³-hybridized carbons (Fsp3) is 0.500. The maximum atomic E-state index is 12.4. The number of piperidine rings is 1. The standard InChI is InChI=1S/C14H16N2O3/c1-8-3-2-4-9-10(8)7-16(14(9)19)11-5-6-12(17)15-13(11)18/h3,11H,2,4-7H2,1H3,(H,15,17,18). The fourth-order valence-corrected chi connectivity index (χ4v) is 3.05. The van der Waals surface area contributed by atoms with Crippen LogP contribution in [0.2, 0.25) is 0 Å². The molecule has 0 aromatic heterocycles. The summed E-state index contributed by atoms with van der Waals surface area (Å²) in [5.74, 6) is -0.621. The maximum absolute atomic E-state index is 12.4. The number of nitrogens with zero attached hydrogens (tertiary/aromatic N) is 1. The molecule has 2 heterocycles. The van der Waals surface area contributed by atoms with Gasteiger partial charge in [0, 0.05) is 18.5 Å². The Kier molecular flexibility index (Phi) is 2.77. The lowest BCUT2D eigenvalue weighted by atomic mass is 9.94. The fourth-order valence-electron chi connectivity index (χ4n) is 3.05. The Labute approximate surface area is 111 Å². The number of imide groups is 1. The molecule has 5 nitrogen and oxygen atoms in total. The second-order valence-corrected chi connectivity index (χ2v) is 5.28. The summed E-state index contributed by atoms with van der Waals surface area (Å²) in [6, 6.07) is -0.497. The van der Waals surface area contributed by atoms with E-state index in [9.17, 15) is 14.4 Å². The summed E-state index contributed by atoms with van der Waals surface area (Å²) in [6.45, 7) is 2.51. The van der Waals surface area contributed by atoms with E-state index in [2.05, 4.69) is 11.4 Å². The predicted octanol–water partition coefficient (Wildman–Crippen LogP) is 0.670. The Hall–Kier alpha value is -1.91. The van der Waals surface area contributed by atoms with Gasteiger partial charge in [-0.15, -0.1) is 0 Å². The van der Waals surface area contributed by atoms with E-state index in [4.69, 9.17) is 0 Å². The van der Waals surface area contributed by atoms with Crippen LogP contribution >= 0.6 is 0 Å². The molecule has 5 heteroatoms. The molecule has 0 bridgehead atoms. The van der Waals surface area contributed by atoms with Crippen LogP contribution in [0.4, 0.5) is 0 Å². The normalized spacial score (nSPS) is 27.4. The summed E-state index contributed by atoms with van der Waals surface area (Å²) in [4.78, 5) is 37.0. The molecular formula is C14H16N2O3. The van der Waals surface area contributed by atoms with Crippen molar-refractivity contribution in [3.05, 3.63) is 22.8 Å². The lowest BCUT2D eigenvalue weighted by molar-refractivity contribution is -0.142. The summed E-state index contributed by atoms with van der Waals surface area (Å²) in [6.07, 6.45) is 4.52. The Morgan fingerprint density at radius 2 is 2.00 bits per heavy atom. The van der Waals surface area contributed by atoms with Gasteiger partial charge in [-0.1, -0.05) is 6.08 Å². The van der Waals surface area contributed by atoms with Crippen molar-refractivity contribution in [2.24, 2.45) is 0 Å². The van der Waals surface area contributed by atoms with E-state index >= 15 is 0 Å². The largest absolute Gasteiger partial charge is 0.323 e. The quantitative estimate of drug-likeness (QED) is 0.705. The van der Waals surface area contributed by atoms with Crippen LogP contribution in [-0.2, 0) is 14.4 Å². The van der Waals surface area contributed by atoms with Gasteiger partial charge < -0.3 is 4.90 Å². The van der Waals surface area contributed by atoms with Crippen LogP contribution in [0, 0.1) is 0 Å². The van der Waals surface area contributed by atoms with E-state index in [-0.39, 0.29) is 17.7 Å². The first-order chi connectivity index (χ1) is 9.08. The number of carbonyl (C=O) groups excluding carboxylic acids is 3. The molecule has 100 valence electrons. The van der Waals surface area contributed by atoms with Gasteiger partial charge in [0.15, 0.2) is 0 Å². The maximum Gasteiger partial charge on any atom is 0.251 e. The zero-order chi connectivity index (χ0) is 13.6. The third kappa shape index (κ3) is 1.89. The Bertz CT molecular complexity index is 545. The minimum absolute atomic E-state index is 0.0306. The average Bonchev–Trinajstić information content (AvgIpc) is 2.69. The van der Waals surface area contributed by atoms with Crippen LogP contribution < -0.4 is 5.32 Å². The summed E-state index contributed by atoms with van der Waals surface area (Å²) >= 11 is 0. The van der Waals surface area contributed by atoms with Gasteiger partial charge in [0.1, 0.15) is 6.04 Å². The molecule has 0 spiro atoms. The second-order valence-electron chi connectivity index (χ2n) is 5.28. The highest BCUT2D eigenvalue weighted by Crippen LogP contribution is 2.34. The van der Waals surface area contributed by atoms with E-state index in [0.29, 0.717) is 19.4 Å². The molecule has 19 heavy (non-hydrogen) atoms. The number of rotatable bonds is 1. The third-order valence-electron chi connectivity index (χ3n) is 4.12. The number of nitrogens with one attached hydrogen (secondary N) is 1. The van der Waals surface area contributed by atoms with Crippen LogP contribution in [0.3, 0.4) is 0 Å². The van der Waals surface area contributed by atoms with Gasteiger partial charge in [0.25, 0.3) is 5.91 Å². The van der Waals surface area contributed by atoms with Crippen molar-refractivity contribution in [3.63, 3.8) is 0 Å². The highest BCUT2D eigenvalue weighted by atomic mass is 16.2. The number of allylic oxidation sites excluding steroid dienone is 1. The zero-order valence-electron chi connectivity index (χ0n) is 10.9. The summed E-state index contributed by atoms with van der Waals surface area (Å²) in [5, 5.41) is 2.31. The van der Waals surface area contributed by atoms with Crippen molar-refractivity contribution >= 4 is 17.7 Å². The SMILES string of the molecule is CC1=CCCC2=C1CN(C1CCC(=O)NC1=O)C2=O. The van der Waals surface area contributed by atoms with Crippen LogP contribution in [0.5, 0.6) is 0 Å². The topological polar surface area (TPSA) is 66.5 Å². The molecule has 0 saturated carbocycles. The highest BCUT2D eigenvalue weighted by Gasteiger charge is 2.40. The van der Waals surface area contributed by atoms with Gasteiger partial charge in [0.05, 0.1) is 0 Å². The van der Waals surface area contributed by atoms with Crippen molar-refractivity contribution in [1.29, 1.82) is 0 Å². The third-order valence-corrected chi connectivity index (χ3v) is 4.12. The molecule has 1 fully saturated rings. The number of hydrogen-bond acceptors (Lipinski definition) is 3. The Morgan fingerprint density at radius 3 is 2.68 bits per heavy atom. The number of carbonyl (C=O) groups is 3. The second kappa shape index (κ2) is 4.33. The molecule has 3 aliphatic rings. The molecule has 1 unspecified atom stereocenters. The van der Waals surface area contributed by atoms with Gasteiger partial charge >= 0.3 is 0 Å². The molecule has 3 amide bonds. The van der Waals surface area contributed by atoms with Crippen molar-refractivity contribution in [2.45, 2.75) is 38.6 Å². The predicted molar refractivity (Wildman–Crippen MR) is 67.9 cm³/mol. The molecule has 3 rings (SSSR count). The molecule has 0 aromatic rings. The molecule has 1 aliphatic carbocycles. The smallest absolute Gasteiger partial charge is 0.251 e. The van der Waals surface area contributed by atoms with E-state index in [1.165, 1.54) is 0 Å². The molecule has 0 aromatic carbocycles. The van der Waals surface area contributed by atoms with Crippen molar-refractivity contribution in [3.8, 4) is 0 Å². The monoisotopic (exact) mass is 260 g/mol. The van der Waals surface area contributed by atoms with Gasteiger partial charge in [-0.25, -0.2) is 0 Å². The van der Waals surface area contributed by atoms with Crippen LogP contribution in [0.25, 0.3) is 0 Å². The zero-order valence-corrected chi connectivity index (χ0v) is 10.9. The minimum atomic E-state index is -0.497. The van der Waals surface area contributed by atoms with Crippen molar-refractivity contribution in [2.75, 3.05) is 6.54 Å². The molecule has 2 aliphatic heterocycles. The van der Waals surface area contributed by atoms with Crippen LogP contribution in [0.1, 0.15) is 32.6 Å². The van der Waals surface area contributed by atoms with Gasteiger partial charge in [-0.05, 0) is 37.3 Å². The molecule has 1 saturated heterocycles. The van der Waals surface area contributed by atoms with Gasteiger partial charge in [-0.2, -0.15) is 0 Å². The summed E-state index contributed by atoms with van der Waals surface area (Å²) < 4.78 is 0. The lowest BCUT2D eigenvalue weighted by Crippen LogP contribution is -2.53. The van der Waals surface area contributed by atoms with Crippen molar-refractivity contribution in [1.82, 2.24) is 10.2 Å². The first-order valence-corrected chi connectivity index (χ1v) is 6.61. The van der Waals surface area contributed by atoms with Gasteiger partial charge in [0.2, 0.25) is 11.8 Å². The average molecular weight is 260 g/mol. The highest BCUT2D eigenvalue weighted by molar-refractivity contribution is 6.05. The summed E-state index contributed by atoms with van der Waals surface area (Å²) in [7, 11) is 0. The first-order valence-electron chi connectivity index (χ1n) is 6.61. The molecular weight excluding hydrogens is 244 g/mol. The van der Waals surface area contributed by atoms with E-state index < -0.39 is 6.04 Å². The molecule has 0 radical (unpaired) electrons. The number of amides is 3. The minimum Gasteiger partial charge on any atom is -0.323 e. The lowest BCUT2D eigenvalue weighted by Gasteiger charge is -2.29. The molecule has 1 N–H and O–H groups in total.